The Bertz CT molecular complexity index is 501. The highest BCUT2D eigenvalue weighted by atomic mass is 79.9. The summed E-state index contributed by atoms with van der Waals surface area (Å²) in [6, 6.07) is 6.07. The van der Waals surface area contributed by atoms with Crippen LogP contribution in [-0.4, -0.2) is 10.2 Å². The van der Waals surface area contributed by atoms with E-state index >= 15 is 0 Å². The van der Waals surface area contributed by atoms with E-state index in [0.717, 1.165) is 10.0 Å². The van der Waals surface area contributed by atoms with Crippen LogP contribution in [0.15, 0.2) is 27.1 Å². The normalized spacial score (nSPS) is 10.4. The average molecular weight is 303 g/mol. The molecule has 0 fully saturated rings. The van der Waals surface area contributed by atoms with E-state index in [-0.39, 0.29) is 0 Å². The van der Waals surface area contributed by atoms with Crippen LogP contribution in [0.3, 0.4) is 0 Å². The summed E-state index contributed by atoms with van der Waals surface area (Å²) in [4.78, 5) is 0. The topological polar surface area (TPSA) is 51.0 Å². The van der Waals surface area contributed by atoms with Crippen molar-refractivity contribution in [2.75, 3.05) is 5.32 Å². The number of rotatable bonds is 3. The summed E-state index contributed by atoms with van der Waals surface area (Å²) in [6.07, 6.45) is 0. The third-order valence-corrected chi connectivity index (χ3v) is 2.83. The average Bonchev–Trinajstić information content (AvgIpc) is 2.66. The quantitative estimate of drug-likeness (QED) is 0.944. The van der Waals surface area contributed by atoms with Gasteiger partial charge in [0, 0.05) is 23.0 Å². The molecule has 1 aromatic carbocycles. The van der Waals surface area contributed by atoms with Gasteiger partial charge in [-0.3, -0.25) is 0 Å². The first-order chi connectivity index (χ1) is 7.65. The van der Waals surface area contributed by atoms with Crippen molar-refractivity contribution in [3.05, 3.63) is 39.1 Å². The van der Waals surface area contributed by atoms with Gasteiger partial charge in [-0.25, -0.2) is 0 Å². The Morgan fingerprint density at radius 1 is 1.44 bits per heavy atom. The van der Waals surface area contributed by atoms with E-state index in [1.165, 1.54) is 0 Å². The maximum Gasteiger partial charge on any atom is 0.315 e. The van der Waals surface area contributed by atoms with Gasteiger partial charge in [0.15, 0.2) is 0 Å². The minimum atomic E-state index is 0.397. The number of nitrogens with zero attached hydrogens (tertiary/aromatic N) is 2. The zero-order valence-corrected chi connectivity index (χ0v) is 10.8. The van der Waals surface area contributed by atoms with E-state index in [2.05, 4.69) is 31.4 Å². The van der Waals surface area contributed by atoms with Gasteiger partial charge in [-0.05, 0) is 23.8 Å². The first-order valence-corrected chi connectivity index (χ1v) is 5.80. The molecule has 2 aromatic rings. The van der Waals surface area contributed by atoms with Crippen LogP contribution in [0.2, 0.25) is 5.02 Å². The van der Waals surface area contributed by atoms with Crippen molar-refractivity contribution < 1.29 is 4.42 Å². The maximum absolute atomic E-state index is 6.04. The smallest absolute Gasteiger partial charge is 0.315 e. The number of halogens is 2. The van der Waals surface area contributed by atoms with Crippen molar-refractivity contribution >= 4 is 33.5 Å². The Balaban J connectivity index is 2.07. The van der Waals surface area contributed by atoms with Gasteiger partial charge in [-0.1, -0.05) is 32.6 Å². The third kappa shape index (κ3) is 2.74. The second kappa shape index (κ2) is 4.84. The van der Waals surface area contributed by atoms with Crippen molar-refractivity contribution in [2.24, 2.45) is 0 Å². The summed E-state index contributed by atoms with van der Waals surface area (Å²) >= 11 is 9.43. The molecule has 0 aliphatic heterocycles. The Morgan fingerprint density at radius 3 is 2.94 bits per heavy atom. The van der Waals surface area contributed by atoms with Crippen molar-refractivity contribution in [1.29, 1.82) is 0 Å². The van der Waals surface area contributed by atoms with E-state index in [0.29, 0.717) is 23.5 Å². The number of benzene rings is 1. The molecule has 0 saturated carbocycles. The molecule has 0 atom stereocenters. The predicted octanol–water partition coefficient (Wildman–Crippen LogP) is 3.41. The molecule has 0 aliphatic carbocycles. The highest BCUT2D eigenvalue weighted by Crippen LogP contribution is 2.21. The lowest BCUT2D eigenvalue weighted by atomic mass is 10.2. The van der Waals surface area contributed by atoms with Crippen LogP contribution in [0.5, 0.6) is 0 Å². The SMILES string of the molecule is Cc1nnc(NCc2cc(Br)ccc2Cl)o1. The first kappa shape index (κ1) is 11.4. The van der Waals surface area contributed by atoms with Crippen LogP contribution in [0.4, 0.5) is 6.01 Å². The molecule has 6 heteroatoms. The Hall–Kier alpha value is -1.07. The van der Waals surface area contributed by atoms with Crippen LogP contribution in [-0.2, 0) is 6.54 Å². The molecule has 2 rings (SSSR count). The summed E-state index contributed by atoms with van der Waals surface area (Å²) in [6.45, 7) is 2.28. The number of aromatic nitrogens is 2. The molecule has 0 unspecified atom stereocenters. The van der Waals surface area contributed by atoms with Crippen molar-refractivity contribution in [3.8, 4) is 0 Å². The second-order valence-electron chi connectivity index (χ2n) is 3.22. The van der Waals surface area contributed by atoms with Gasteiger partial charge >= 0.3 is 6.01 Å². The third-order valence-electron chi connectivity index (χ3n) is 1.96. The first-order valence-electron chi connectivity index (χ1n) is 4.63. The second-order valence-corrected chi connectivity index (χ2v) is 4.54. The van der Waals surface area contributed by atoms with E-state index < -0.39 is 0 Å². The highest BCUT2D eigenvalue weighted by molar-refractivity contribution is 9.10. The lowest BCUT2D eigenvalue weighted by Gasteiger charge is -2.04. The molecule has 0 spiro atoms. The molecule has 16 heavy (non-hydrogen) atoms. The summed E-state index contributed by atoms with van der Waals surface area (Å²) in [5.74, 6) is 0.530. The molecule has 0 amide bonds. The fraction of sp³-hybridized carbons (Fsp3) is 0.200. The molecule has 0 bridgehead atoms. The van der Waals surface area contributed by atoms with Crippen LogP contribution in [0, 0.1) is 6.92 Å². The minimum Gasteiger partial charge on any atom is -0.408 e. The van der Waals surface area contributed by atoms with Crippen molar-refractivity contribution in [1.82, 2.24) is 10.2 Å². The van der Waals surface area contributed by atoms with Gasteiger partial charge in [0.05, 0.1) is 0 Å². The number of aryl methyl sites for hydroxylation is 1. The molecule has 4 nitrogen and oxygen atoms in total. The van der Waals surface area contributed by atoms with E-state index in [4.69, 9.17) is 16.0 Å². The van der Waals surface area contributed by atoms with Gasteiger partial charge < -0.3 is 9.73 Å². The Kier molecular flexibility index (Phi) is 3.46. The van der Waals surface area contributed by atoms with E-state index in [9.17, 15) is 0 Å². The zero-order chi connectivity index (χ0) is 11.5. The summed E-state index contributed by atoms with van der Waals surface area (Å²) in [7, 11) is 0. The molecular weight excluding hydrogens is 293 g/mol. The van der Waals surface area contributed by atoms with Gasteiger partial charge in [-0.15, -0.1) is 5.10 Å². The summed E-state index contributed by atoms with van der Waals surface area (Å²) in [5.41, 5.74) is 0.965. The van der Waals surface area contributed by atoms with Gasteiger partial charge in [0.25, 0.3) is 0 Å². The van der Waals surface area contributed by atoms with Crippen molar-refractivity contribution in [2.45, 2.75) is 13.5 Å². The van der Waals surface area contributed by atoms with Gasteiger partial charge in [-0.2, -0.15) is 0 Å². The number of hydrogen-bond donors (Lipinski definition) is 1. The largest absolute Gasteiger partial charge is 0.408 e. The molecule has 1 N–H and O–H groups in total. The van der Waals surface area contributed by atoms with Gasteiger partial charge in [0.1, 0.15) is 0 Å². The number of anilines is 1. The van der Waals surface area contributed by atoms with Crippen LogP contribution in [0.1, 0.15) is 11.5 Å². The monoisotopic (exact) mass is 301 g/mol. The zero-order valence-electron chi connectivity index (χ0n) is 8.50. The van der Waals surface area contributed by atoms with Crippen molar-refractivity contribution in [3.63, 3.8) is 0 Å². The lowest BCUT2D eigenvalue weighted by molar-refractivity contribution is 0.530. The van der Waals surface area contributed by atoms with Crippen LogP contribution < -0.4 is 5.32 Å². The molecule has 0 saturated heterocycles. The van der Waals surface area contributed by atoms with E-state index in [1.807, 2.05) is 18.2 Å². The molecule has 0 aliphatic rings. The molecule has 1 heterocycles. The molecular formula is C10H9BrClN3O. The lowest BCUT2D eigenvalue weighted by Crippen LogP contribution is -2.00. The van der Waals surface area contributed by atoms with Crippen LogP contribution >= 0.6 is 27.5 Å². The number of hydrogen-bond acceptors (Lipinski definition) is 4. The summed E-state index contributed by atoms with van der Waals surface area (Å²) in [5, 5.41) is 11.3. The minimum absolute atomic E-state index is 0.397. The highest BCUT2D eigenvalue weighted by Gasteiger charge is 2.04. The van der Waals surface area contributed by atoms with Crippen LogP contribution in [0.25, 0.3) is 0 Å². The molecule has 0 radical (unpaired) electrons. The maximum atomic E-state index is 6.04. The fourth-order valence-electron chi connectivity index (χ4n) is 1.22. The standard InChI is InChI=1S/C10H9BrClN3O/c1-6-14-15-10(16-6)13-5-7-4-8(11)2-3-9(7)12/h2-4H,5H2,1H3,(H,13,15). The number of nitrogens with one attached hydrogen (secondary N) is 1. The van der Waals surface area contributed by atoms with E-state index in [1.54, 1.807) is 6.92 Å². The Labute approximate surface area is 106 Å². The fourth-order valence-corrected chi connectivity index (χ4v) is 1.81. The Morgan fingerprint density at radius 2 is 2.25 bits per heavy atom. The van der Waals surface area contributed by atoms with Gasteiger partial charge in [0.2, 0.25) is 5.89 Å². The predicted molar refractivity (Wildman–Crippen MR) is 65.5 cm³/mol. The molecule has 1 aromatic heterocycles. The summed E-state index contributed by atoms with van der Waals surface area (Å²) < 4.78 is 6.17. The molecule has 84 valence electrons.